The summed E-state index contributed by atoms with van der Waals surface area (Å²) >= 11 is 0. The quantitative estimate of drug-likeness (QED) is 0.693. The number of carbonyl (C=O) groups is 2. The number of nitrogens with one attached hydrogen (secondary N) is 1. The van der Waals surface area contributed by atoms with Gasteiger partial charge < -0.3 is 16.2 Å². The van der Waals surface area contributed by atoms with E-state index in [1.165, 1.54) is 0 Å². The number of para-hydroxylation sites is 1. The minimum absolute atomic E-state index is 0.0115. The lowest BCUT2D eigenvalue weighted by molar-refractivity contribution is -0.137. The Morgan fingerprint density at radius 2 is 1.94 bits per heavy atom. The van der Waals surface area contributed by atoms with Crippen LogP contribution in [0.15, 0.2) is 24.3 Å². The Labute approximate surface area is 106 Å². The van der Waals surface area contributed by atoms with Crippen molar-refractivity contribution in [1.29, 1.82) is 0 Å². The van der Waals surface area contributed by atoms with Crippen molar-refractivity contribution in [2.45, 2.75) is 32.2 Å². The number of carboxylic acid groups (broad SMARTS) is 1. The highest BCUT2D eigenvalue weighted by molar-refractivity contribution is 5.99. The van der Waals surface area contributed by atoms with Gasteiger partial charge in [0.15, 0.2) is 0 Å². The van der Waals surface area contributed by atoms with Gasteiger partial charge in [-0.15, -0.1) is 0 Å². The highest BCUT2D eigenvalue weighted by Gasteiger charge is 2.22. The van der Waals surface area contributed by atoms with E-state index in [1.807, 2.05) is 0 Å². The lowest BCUT2D eigenvalue weighted by Crippen LogP contribution is -2.43. The number of aliphatic carboxylic acids is 1. The van der Waals surface area contributed by atoms with Gasteiger partial charge >= 0.3 is 5.97 Å². The topological polar surface area (TPSA) is 92.4 Å². The lowest BCUT2D eigenvalue weighted by Gasteiger charge is -2.26. The summed E-state index contributed by atoms with van der Waals surface area (Å²) in [6.45, 7) is 3.57. The Morgan fingerprint density at radius 3 is 2.50 bits per heavy atom. The van der Waals surface area contributed by atoms with Crippen molar-refractivity contribution in [2.24, 2.45) is 0 Å². The summed E-state index contributed by atoms with van der Waals surface area (Å²) in [4.78, 5) is 22.5. The van der Waals surface area contributed by atoms with Crippen LogP contribution < -0.4 is 11.1 Å². The maximum absolute atomic E-state index is 12.0. The molecule has 1 amide bonds. The van der Waals surface area contributed by atoms with Gasteiger partial charge in [0.05, 0.1) is 5.56 Å². The first kappa shape index (κ1) is 14.0. The second-order valence-electron chi connectivity index (χ2n) is 4.82. The Morgan fingerprint density at radius 1 is 1.33 bits per heavy atom. The number of carboxylic acids is 1. The minimum atomic E-state index is -0.878. The first-order chi connectivity index (χ1) is 8.32. The molecule has 0 heterocycles. The molecular formula is C13H18N2O3. The van der Waals surface area contributed by atoms with Crippen molar-refractivity contribution < 1.29 is 14.7 Å². The monoisotopic (exact) mass is 250 g/mol. The number of amides is 1. The Hall–Kier alpha value is -2.04. The zero-order valence-electron chi connectivity index (χ0n) is 10.6. The van der Waals surface area contributed by atoms with Crippen molar-refractivity contribution >= 4 is 17.6 Å². The molecule has 5 heteroatoms. The van der Waals surface area contributed by atoms with E-state index >= 15 is 0 Å². The smallest absolute Gasteiger partial charge is 0.303 e. The maximum atomic E-state index is 12.0. The molecule has 98 valence electrons. The second kappa shape index (κ2) is 5.53. The van der Waals surface area contributed by atoms with Crippen LogP contribution in [0.3, 0.4) is 0 Å². The van der Waals surface area contributed by atoms with Crippen LogP contribution in [0.25, 0.3) is 0 Å². The molecule has 0 radical (unpaired) electrons. The lowest BCUT2D eigenvalue weighted by atomic mass is 9.97. The van der Waals surface area contributed by atoms with Crippen LogP contribution in [0.5, 0.6) is 0 Å². The molecule has 0 spiro atoms. The van der Waals surface area contributed by atoms with Crippen LogP contribution in [-0.4, -0.2) is 22.5 Å². The number of hydrogen-bond acceptors (Lipinski definition) is 3. The molecule has 0 aliphatic rings. The van der Waals surface area contributed by atoms with Gasteiger partial charge in [-0.1, -0.05) is 12.1 Å². The SMILES string of the molecule is CC(C)(CCC(=O)O)NC(=O)c1ccccc1N. The molecule has 0 aliphatic carbocycles. The molecule has 18 heavy (non-hydrogen) atoms. The molecule has 1 rings (SSSR count). The third-order valence-electron chi connectivity index (χ3n) is 2.62. The third-order valence-corrected chi connectivity index (χ3v) is 2.62. The molecular weight excluding hydrogens is 232 g/mol. The van der Waals surface area contributed by atoms with Gasteiger partial charge in [0.1, 0.15) is 0 Å². The fourth-order valence-electron chi connectivity index (χ4n) is 1.56. The molecule has 0 saturated carbocycles. The minimum Gasteiger partial charge on any atom is -0.481 e. The number of hydrogen-bond donors (Lipinski definition) is 3. The first-order valence-electron chi connectivity index (χ1n) is 5.70. The number of anilines is 1. The summed E-state index contributed by atoms with van der Waals surface area (Å²) in [5.74, 6) is -1.17. The summed E-state index contributed by atoms with van der Waals surface area (Å²) in [7, 11) is 0. The molecule has 5 nitrogen and oxygen atoms in total. The van der Waals surface area contributed by atoms with Crippen LogP contribution in [0.2, 0.25) is 0 Å². The normalized spacial score (nSPS) is 11.0. The summed E-state index contributed by atoms with van der Waals surface area (Å²) in [6.07, 6.45) is 0.373. The average Bonchev–Trinajstić information content (AvgIpc) is 2.26. The molecule has 4 N–H and O–H groups in total. The number of benzene rings is 1. The van der Waals surface area contributed by atoms with Crippen molar-refractivity contribution in [2.75, 3.05) is 5.73 Å². The van der Waals surface area contributed by atoms with E-state index in [4.69, 9.17) is 10.8 Å². The van der Waals surface area contributed by atoms with Crippen molar-refractivity contribution in [3.63, 3.8) is 0 Å². The van der Waals surface area contributed by atoms with Gasteiger partial charge in [-0.2, -0.15) is 0 Å². The summed E-state index contributed by atoms with van der Waals surface area (Å²) in [5.41, 5.74) is 5.93. The van der Waals surface area contributed by atoms with Gasteiger partial charge in [0, 0.05) is 17.6 Å². The molecule has 0 aliphatic heterocycles. The van der Waals surface area contributed by atoms with Gasteiger partial charge in [-0.05, 0) is 32.4 Å². The fourth-order valence-corrected chi connectivity index (χ4v) is 1.56. The number of nitrogen functional groups attached to an aromatic ring is 1. The van der Waals surface area contributed by atoms with Crippen LogP contribution in [0, 0.1) is 0 Å². The second-order valence-corrected chi connectivity index (χ2v) is 4.82. The average molecular weight is 250 g/mol. The fraction of sp³-hybridized carbons (Fsp3) is 0.385. The summed E-state index contributed by atoms with van der Waals surface area (Å²) < 4.78 is 0. The summed E-state index contributed by atoms with van der Waals surface area (Å²) in [6, 6.07) is 6.77. The van der Waals surface area contributed by atoms with Gasteiger partial charge in [-0.25, -0.2) is 0 Å². The Bertz CT molecular complexity index is 455. The molecule has 0 aromatic heterocycles. The predicted octanol–water partition coefficient (Wildman–Crippen LogP) is 1.64. The molecule has 0 unspecified atom stereocenters. The van der Waals surface area contributed by atoms with Crippen LogP contribution in [0.4, 0.5) is 5.69 Å². The van der Waals surface area contributed by atoms with Crippen molar-refractivity contribution in [1.82, 2.24) is 5.32 Å². The van der Waals surface area contributed by atoms with E-state index in [0.29, 0.717) is 17.7 Å². The highest BCUT2D eigenvalue weighted by Crippen LogP contribution is 2.15. The maximum Gasteiger partial charge on any atom is 0.303 e. The van der Waals surface area contributed by atoms with Crippen LogP contribution in [-0.2, 0) is 4.79 Å². The van der Waals surface area contributed by atoms with Crippen molar-refractivity contribution in [3.05, 3.63) is 29.8 Å². The van der Waals surface area contributed by atoms with E-state index in [2.05, 4.69) is 5.32 Å². The highest BCUT2D eigenvalue weighted by atomic mass is 16.4. The van der Waals surface area contributed by atoms with Gasteiger partial charge in [0.2, 0.25) is 0 Å². The van der Waals surface area contributed by atoms with E-state index in [-0.39, 0.29) is 12.3 Å². The van der Waals surface area contributed by atoms with E-state index < -0.39 is 11.5 Å². The summed E-state index contributed by atoms with van der Waals surface area (Å²) in [5, 5.41) is 11.4. The van der Waals surface area contributed by atoms with E-state index in [1.54, 1.807) is 38.1 Å². The van der Waals surface area contributed by atoms with Crippen molar-refractivity contribution in [3.8, 4) is 0 Å². The molecule has 1 aromatic rings. The number of rotatable bonds is 5. The van der Waals surface area contributed by atoms with Crippen LogP contribution in [0.1, 0.15) is 37.0 Å². The number of carbonyl (C=O) groups excluding carboxylic acids is 1. The predicted molar refractivity (Wildman–Crippen MR) is 69.3 cm³/mol. The molecule has 0 saturated heterocycles. The number of nitrogens with two attached hydrogens (primary N) is 1. The molecule has 0 atom stereocenters. The largest absolute Gasteiger partial charge is 0.481 e. The Kier molecular flexibility index (Phi) is 4.31. The first-order valence-corrected chi connectivity index (χ1v) is 5.70. The van der Waals surface area contributed by atoms with E-state index in [9.17, 15) is 9.59 Å². The molecule has 0 fully saturated rings. The Balaban J connectivity index is 2.69. The van der Waals surface area contributed by atoms with Gasteiger partial charge in [-0.3, -0.25) is 9.59 Å². The zero-order chi connectivity index (χ0) is 13.8. The standard InChI is InChI=1S/C13H18N2O3/c1-13(2,8-7-11(16)17)15-12(18)9-5-3-4-6-10(9)14/h3-6H,7-8,14H2,1-2H3,(H,15,18)(H,16,17). The van der Waals surface area contributed by atoms with Gasteiger partial charge in [0.25, 0.3) is 5.91 Å². The zero-order valence-corrected chi connectivity index (χ0v) is 10.6. The molecule has 1 aromatic carbocycles. The van der Waals surface area contributed by atoms with E-state index in [0.717, 1.165) is 0 Å². The van der Waals surface area contributed by atoms with Crippen LogP contribution >= 0.6 is 0 Å². The molecule has 0 bridgehead atoms. The third kappa shape index (κ3) is 4.08.